The molecule has 0 bridgehead atoms. The van der Waals surface area contributed by atoms with E-state index in [-0.39, 0.29) is 24.4 Å². The predicted molar refractivity (Wildman–Crippen MR) is 103 cm³/mol. The largest absolute Gasteiger partial charge is 0.392 e. The van der Waals surface area contributed by atoms with Crippen LogP contribution in [0.3, 0.4) is 0 Å². The minimum absolute atomic E-state index is 0.0307. The topological polar surface area (TPSA) is 88.6 Å². The fourth-order valence-corrected chi connectivity index (χ4v) is 3.78. The highest BCUT2D eigenvalue weighted by Gasteiger charge is 2.29. The lowest BCUT2D eigenvalue weighted by molar-refractivity contribution is -0.00549. The van der Waals surface area contributed by atoms with E-state index in [1.54, 1.807) is 16.9 Å². The fourth-order valence-electron chi connectivity index (χ4n) is 3.78. The Morgan fingerprint density at radius 2 is 2.07 bits per heavy atom. The first kappa shape index (κ1) is 18.7. The van der Waals surface area contributed by atoms with E-state index in [0.717, 1.165) is 5.56 Å². The van der Waals surface area contributed by atoms with Crippen molar-refractivity contribution in [2.45, 2.75) is 39.2 Å². The molecule has 2 N–H and O–H groups in total. The van der Waals surface area contributed by atoms with Gasteiger partial charge in [0.25, 0.3) is 0 Å². The first-order valence-electron chi connectivity index (χ1n) is 9.29. The average molecular weight is 389 g/mol. The smallest absolute Gasteiger partial charge is 0.206 e. The highest BCUT2D eigenvalue weighted by atomic mass is 19.1. The molecule has 1 aliphatic heterocycles. The molecule has 3 aromatic rings. The van der Waals surface area contributed by atoms with Gasteiger partial charge in [0, 0.05) is 44.0 Å². The second kappa shape index (κ2) is 7.40. The SMILES string of the molecule is C[C@@H]1CN(c2c(CO)cc3c(NCc4cnn(C)c4)noc3c2F)C[C@H](C)O1. The van der Waals surface area contributed by atoms with Crippen LogP contribution in [0.4, 0.5) is 15.9 Å². The summed E-state index contributed by atoms with van der Waals surface area (Å²) in [7, 11) is 1.84. The van der Waals surface area contributed by atoms with Crippen molar-refractivity contribution in [1.82, 2.24) is 14.9 Å². The number of halogens is 1. The highest BCUT2D eigenvalue weighted by Crippen LogP contribution is 2.36. The summed E-state index contributed by atoms with van der Waals surface area (Å²) in [6, 6.07) is 1.74. The predicted octanol–water partition coefficient (Wildman–Crippen LogP) is 2.42. The third-order valence-corrected chi connectivity index (χ3v) is 4.88. The summed E-state index contributed by atoms with van der Waals surface area (Å²) >= 11 is 0. The van der Waals surface area contributed by atoms with Gasteiger partial charge in [-0.1, -0.05) is 5.16 Å². The van der Waals surface area contributed by atoms with Crippen molar-refractivity contribution in [1.29, 1.82) is 0 Å². The van der Waals surface area contributed by atoms with E-state index in [4.69, 9.17) is 9.26 Å². The number of rotatable bonds is 5. The number of fused-ring (bicyclic) bond motifs is 1. The van der Waals surface area contributed by atoms with Crippen LogP contribution in [0.15, 0.2) is 23.0 Å². The minimum atomic E-state index is -0.509. The van der Waals surface area contributed by atoms with Gasteiger partial charge >= 0.3 is 0 Å². The third kappa shape index (κ3) is 3.43. The van der Waals surface area contributed by atoms with Gasteiger partial charge in [0.1, 0.15) is 0 Å². The van der Waals surface area contributed by atoms with Gasteiger partial charge in [-0.25, -0.2) is 4.39 Å². The molecule has 150 valence electrons. The van der Waals surface area contributed by atoms with Crippen molar-refractivity contribution in [2.24, 2.45) is 7.05 Å². The third-order valence-electron chi connectivity index (χ3n) is 4.88. The molecular weight excluding hydrogens is 365 g/mol. The van der Waals surface area contributed by atoms with Gasteiger partial charge in [-0.3, -0.25) is 4.68 Å². The molecule has 0 spiro atoms. The quantitative estimate of drug-likeness (QED) is 0.693. The van der Waals surface area contributed by atoms with Crippen LogP contribution in [-0.4, -0.2) is 45.3 Å². The van der Waals surface area contributed by atoms with Gasteiger partial charge in [0.2, 0.25) is 5.58 Å². The van der Waals surface area contributed by atoms with E-state index in [1.165, 1.54) is 0 Å². The summed E-state index contributed by atoms with van der Waals surface area (Å²) in [6.07, 6.45) is 3.57. The summed E-state index contributed by atoms with van der Waals surface area (Å²) in [6.45, 7) is 5.18. The number of morpholine rings is 1. The lowest BCUT2D eigenvalue weighted by Crippen LogP contribution is -2.46. The fraction of sp³-hybridized carbons (Fsp3) is 0.474. The molecule has 0 aliphatic carbocycles. The summed E-state index contributed by atoms with van der Waals surface area (Å²) in [4.78, 5) is 1.91. The Morgan fingerprint density at radius 1 is 1.32 bits per heavy atom. The van der Waals surface area contributed by atoms with Crippen LogP contribution >= 0.6 is 0 Å². The number of hydrogen-bond acceptors (Lipinski definition) is 7. The zero-order valence-electron chi connectivity index (χ0n) is 16.1. The molecule has 1 fully saturated rings. The van der Waals surface area contributed by atoms with Gasteiger partial charge < -0.3 is 24.6 Å². The Morgan fingerprint density at radius 3 is 2.71 bits per heavy atom. The van der Waals surface area contributed by atoms with Gasteiger partial charge in [-0.15, -0.1) is 0 Å². The molecule has 9 heteroatoms. The highest BCUT2D eigenvalue weighted by molar-refractivity contribution is 5.92. The second-order valence-corrected chi connectivity index (χ2v) is 7.30. The van der Waals surface area contributed by atoms with Crippen LogP contribution in [-0.2, 0) is 24.9 Å². The van der Waals surface area contributed by atoms with Crippen molar-refractivity contribution in [3.05, 3.63) is 35.4 Å². The van der Waals surface area contributed by atoms with E-state index >= 15 is 4.39 Å². The molecule has 1 saturated heterocycles. The molecule has 2 atom stereocenters. The van der Waals surface area contributed by atoms with Crippen molar-refractivity contribution in [3.63, 3.8) is 0 Å². The molecule has 28 heavy (non-hydrogen) atoms. The first-order chi connectivity index (χ1) is 13.5. The Balaban J connectivity index is 1.68. The van der Waals surface area contributed by atoms with Crippen LogP contribution in [0.5, 0.6) is 0 Å². The molecule has 1 aromatic carbocycles. The minimum Gasteiger partial charge on any atom is -0.392 e. The number of nitrogens with one attached hydrogen (secondary N) is 1. The van der Waals surface area contributed by atoms with Crippen LogP contribution in [0.25, 0.3) is 11.0 Å². The van der Waals surface area contributed by atoms with Gasteiger partial charge in [-0.2, -0.15) is 5.10 Å². The molecular formula is C19H24FN5O3. The van der Waals surface area contributed by atoms with Gasteiger partial charge in [-0.05, 0) is 19.9 Å². The molecule has 4 rings (SSSR count). The summed E-state index contributed by atoms with van der Waals surface area (Å²) < 4.78 is 28.1. The number of aryl methyl sites for hydroxylation is 1. The lowest BCUT2D eigenvalue weighted by atomic mass is 10.1. The van der Waals surface area contributed by atoms with E-state index in [2.05, 4.69) is 15.6 Å². The number of benzene rings is 1. The monoisotopic (exact) mass is 389 g/mol. The number of anilines is 2. The molecule has 8 nitrogen and oxygen atoms in total. The summed E-state index contributed by atoms with van der Waals surface area (Å²) in [5.41, 5.74) is 1.90. The Labute approximate surface area is 161 Å². The normalized spacial score (nSPS) is 20.1. The van der Waals surface area contributed by atoms with Crippen LogP contribution < -0.4 is 10.2 Å². The average Bonchev–Trinajstić information content (AvgIpc) is 3.24. The number of nitrogens with zero attached hydrogens (tertiary/aromatic N) is 4. The van der Waals surface area contributed by atoms with Crippen molar-refractivity contribution in [3.8, 4) is 0 Å². The maximum atomic E-state index is 15.4. The summed E-state index contributed by atoms with van der Waals surface area (Å²) in [5.74, 6) is -0.0764. The molecule has 3 heterocycles. The Hall–Kier alpha value is -2.65. The number of aliphatic hydroxyl groups excluding tert-OH is 1. The Kier molecular flexibility index (Phi) is 4.94. The number of hydrogen-bond donors (Lipinski definition) is 2. The number of aromatic nitrogens is 3. The maximum Gasteiger partial charge on any atom is 0.206 e. The molecule has 2 aromatic heterocycles. The maximum absolute atomic E-state index is 15.4. The second-order valence-electron chi connectivity index (χ2n) is 7.30. The van der Waals surface area contributed by atoms with E-state index in [0.29, 0.717) is 42.1 Å². The van der Waals surface area contributed by atoms with Gasteiger partial charge in [0.05, 0.1) is 36.1 Å². The molecule has 0 radical (unpaired) electrons. The standard InChI is InChI=1S/C19H24FN5O3/c1-11-7-25(8-12(2)27-11)17-14(10-26)4-15-18(16(17)20)28-23-19(15)21-5-13-6-22-24(3)9-13/h4,6,9,11-12,26H,5,7-8,10H2,1-3H3,(H,21,23)/t11-,12+. The zero-order valence-corrected chi connectivity index (χ0v) is 16.1. The van der Waals surface area contributed by atoms with E-state index in [1.807, 2.05) is 32.0 Å². The molecule has 1 aliphatic rings. The van der Waals surface area contributed by atoms with Crippen LogP contribution in [0.1, 0.15) is 25.0 Å². The Bertz CT molecular complexity index is 976. The molecule has 0 saturated carbocycles. The number of ether oxygens (including phenoxy) is 1. The zero-order chi connectivity index (χ0) is 19.8. The van der Waals surface area contributed by atoms with E-state index in [9.17, 15) is 5.11 Å². The lowest BCUT2D eigenvalue weighted by Gasteiger charge is -2.37. The molecule has 0 amide bonds. The van der Waals surface area contributed by atoms with Crippen molar-refractivity contribution in [2.75, 3.05) is 23.3 Å². The number of aliphatic hydroxyl groups is 1. The van der Waals surface area contributed by atoms with Crippen molar-refractivity contribution >= 4 is 22.5 Å². The van der Waals surface area contributed by atoms with Crippen LogP contribution in [0, 0.1) is 5.82 Å². The van der Waals surface area contributed by atoms with E-state index < -0.39 is 5.82 Å². The van der Waals surface area contributed by atoms with Crippen molar-refractivity contribution < 1.29 is 18.8 Å². The van der Waals surface area contributed by atoms with Gasteiger partial charge in [0.15, 0.2) is 11.6 Å². The summed E-state index contributed by atoms with van der Waals surface area (Å²) in [5, 5.41) is 21.7. The van der Waals surface area contributed by atoms with Crippen LogP contribution in [0.2, 0.25) is 0 Å². The molecule has 0 unspecified atom stereocenters. The first-order valence-corrected chi connectivity index (χ1v) is 9.29.